The summed E-state index contributed by atoms with van der Waals surface area (Å²) in [5.41, 5.74) is 7.99. The molecule has 1 rings (SSSR count). The van der Waals surface area contributed by atoms with Gasteiger partial charge in [0.25, 0.3) is 0 Å². The molecule has 0 bridgehead atoms. The molecular weight excluding hydrogens is 173 g/mol. The van der Waals surface area contributed by atoms with Crippen LogP contribution in [0.2, 0.25) is 0 Å². The number of rotatable bonds is 4. The Bertz CT molecular complexity index is 252. The lowest BCUT2D eigenvalue weighted by molar-refractivity contribution is 0.0215. The van der Waals surface area contributed by atoms with Crippen molar-refractivity contribution < 1.29 is 14.6 Å². The lowest BCUT2D eigenvalue weighted by atomic mass is 10.0. The second-order valence-electron chi connectivity index (χ2n) is 2.59. The van der Waals surface area contributed by atoms with Crippen molar-refractivity contribution in [3.63, 3.8) is 0 Å². The van der Waals surface area contributed by atoms with Crippen LogP contribution < -0.4 is 0 Å². The van der Waals surface area contributed by atoms with Crippen molar-refractivity contribution in [3.05, 3.63) is 22.3 Å². The normalized spacial score (nSPS) is 26.4. The average molecular weight is 183 g/mol. The van der Waals surface area contributed by atoms with E-state index in [0.717, 1.165) is 0 Å². The van der Waals surface area contributed by atoms with Gasteiger partial charge in [-0.15, -0.1) is 0 Å². The first-order chi connectivity index (χ1) is 6.27. The highest BCUT2D eigenvalue weighted by Crippen LogP contribution is 2.18. The summed E-state index contributed by atoms with van der Waals surface area (Å²) in [6.07, 6.45) is 1.32. The number of hydrogen-bond donors (Lipinski definition) is 1. The van der Waals surface area contributed by atoms with Crippen LogP contribution in [0.15, 0.2) is 16.9 Å². The van der Waals surface area contributed by atoms with E-state index in [2.05, 4.69) is 10.0 Å². The van der Waals surface area contributed by atoms with E-state index in [1.165, 1.54) is 0 Å². The second-order valence-corrected chi connectivity index (χ2v) is 2.59. The molecular formula is C6H10BN3O3. The van der Waals surface area contributed by atoms with Gasteiger partial charge in [0.2, 0.25) is 0 Å². The lowest BCUT2D eigenvalue weighted by Gasteiger charge is -2.12. The van der Waals surface area contributed by atoms with E-state index in [9.17, 15) is 0 Å². The molecule has 0 aromatic carbocycles. The van der Waals surface area contributed by atoms with Gasteiger partial charge in [0.15, 0.2) is 6.73 Å². The summed E-state index contributed by atoms with van der Waals surface area (Å²) in [6.45, 7) is -0.207. The fraction of sp³-hybridized carbons (Fsp3) is 0.667. The molecule has 0 aromatic heterocycles. The molecule has 13 heavy (non-hydrogen) atoms. The van der Waals surface area contributed by atoms with E-state index in [1.54, 1.807) is 6.08 Å². The molecule has 7 heteroatoms. The Hall–Kier alpha value is -1.17. The van der Waals surface area contributed by atoms with Crippen LogP contribution in [0, 0.1) is 0 Å². The van der Waals surface area contributed by atoms with Gasteiger partial charge in [-0.1, -0.05) is 5.11 Å². The van der Waals surface area contributed by atoms with Crippen molar-refractivity contribution >= 4 is 7.85 Å². The van der Waals surface area contributed by atoms with E-state index >= 15 is 0 Å². The number of aliphatic hydroxyl groups is 1. The monoisotopic (exact) mass is 183 g/mol. The van der Waals surface area contributed by atoms with Gasteiger partial charge in [-0.3, -0.25) is 0 Å². The third kappa shape index (κ3) is 2.66. The largest absolute Gasteiger partial charge is 0.489 e. The summed E-state index contributed by atoms with van der Waals surface area (Å²) < 4.78 is 10.3. The van der Waals surface area contributed by atoms with Crippen LogP contribution in [0.3, 0.4) is 0 Å². The van der Waals surface area contributed by atoms with Crippen LogP contribution in [0.1, 0.15) is 0 Å². The molecule has 0 fully saturated rings. The molecule has 0 radical (unpaired) electrons. The number of hydrogen-bond acceptors (Lipinski definition) is 4. The minimum atomic E-state index is -0.427. The maximum absolute atomic E-state index is 8.86. The quantitative estimate of drug-likeness (QED) is 0.276. The Morgan fingerprint density at radius 3 is 3.23 bits per heavy atom. The summed E-state index contributed by atoms with van der Waals surface area (Å²) in [5.74, 6) is 0.530. The predicted octanol–water partition coefficient (Wildman–Crippen LogP) is -0.495. The predicted molar refractivity (Wildman–Crippen MR) is 47.5 cm³/mol. The summed E-state index contributed by atoms with van der Waals surface area (Å²) in [5, 5.41) is 12.1. The van der Waals surface area contributed by atoms with Gasteiger partial charge in [-0.2, -0.15) is 0 Å². The van der Waals surface area contributed by atoms with Gasteiger partial charge in [0, 0.05) is 10.9 Å². The van der Waals surface area contributed by atoms with E-state index in [4.69, 9.17) is 20.1 Å². The third-order valence-electron chi connectivity index (χ3n) is 1.61. The molecule has 0 amide bonds. The Morgan fingerprint density at radius 1 is 1.85 bits per heavy atom. The van der Waals surface area contributed by atoms with Crippen molar-refractivity contribution in [1.82, 2.24) is 0 Å². The van der Waals surface area contributed by atoms with Crippen LogP contribution in [-0.2, 0) is 9.47 Å². The van der Waals surface area contributed by atoms with Crippen LogP contribution >= 0.6 is 0 Å². The summed E-state index contributed by atoms with van der Waals surface area (Å²) in [4.78, 5) is 2.54. The van der Waals surface area contributed by atoms with E-state index in [0.29, 0.717) is 5.76 Å². The topological polar surface area (TPSA) is 87.5 Å². The van der Waals surface area contributed by atoms with Crippen molar-refractivity contribution in [3.8, 4) is 0 Å². The highest BCUT2D eigenvalue weighted by molar-refractivity contribution is 6.12. The van der Waals surface area contributed by atoms with Gasteiger partial charge in [0.05, 0.1) is 6.61 Å². The average Bonchev–Trinajstić information content (AvgIpc) is 2.47. The molecule has 0 saturated carbocycles. The molecule has 0 spiro atoms. The highest BCUT2D eigenvalue weighted by Gasteiger charge is 2.24. The zero-order valence-corrected chi connectivity index (χ0v) is 7.25. The standard InChI is InChI=1S/C6H10BN3O3/c7-6-1-4(5(2-11)13-6)12-3-9-10-8/h1,5-6,11H,2-3,7H2/t5-,6-/m1/s1. The molecule has 0 aromatic rings. The first-order valence-corrected chi connectivity index (χ1v) is 3.89. The summed E-state index contributed by atoms with van der Waals surface area (Å²) in [6, 6.07) is -0.0711. The SMILES string of the molecule is B[C@H]1C=C(OCN=[N+]=[N-])[C@@H](CO)O1. The third-order valence-corrected chi connectivity index (χ3v) is 1.61. The smallest absolute Gasteiger partial charge is 0.167 e. The molecule has 70 valence electrons. The lowest BCUT2D eigenvalue weighted by Crippen LogP contribution is -2.19. The Morgan fingerprint density at radius 2 is 2.62 bits per heavy atom. The van der Waals surface area contributed by atoms with Crippen molar-refractivity contribution in [2.75, 3.05) is 13.3 Å². The minimum Gasteiger partial charge on any atom is -0.489 e. The van der Waals surface area contributed by atoms with E-state index in [-0.39, 0.29) is 19.3 Å². The van der Waals surface area contributed by atoms with Crippen molar-refractivity contribution in [2.45, 2.75) is 12.1 Å². The molecule has 0 saturated heterocycles. The van der Waals surface area contributed by atoms with Crippen LogP contribution in [0.5, 0.6) is 0 Å². The van der Waals surface area contributed by atoms with Crippen LogP contribution in [0.25, 0.3) is 10.4 Å². The van der Waals surface area contributed by atoms with Crippen molar-refractivity contribution in [1.29, 1.82) is 0 Å². The zero-order chi connectivity index (χ0) is 9.68. The number of aliphatic hydroxyl groups excluding tert-OH is 1. The van der Waals surface area contributed by atoms with Gasteiger partial charge >= 0.3 is 0 Å². The zero-order valence-electron chi connectivity index (χ0n) is 7.25. The van der Waals surface area contributed by atoms with Crippen LogP contribution in [-0.4, -0.2) is 38.4 Å². The molecule has 6 nitrogen and oxygen atoms in total. The second kappa shape index (κ2) is 4.76. The van der Waals surface area contributed by atoms with Gasteiger partial charge in [-0.25, -0.2) is 0 Å². The van der Waals surface area contributed by atoms with Crippen molar-refractivity contribution in [2.24, 2.45) is 5.11 Å². The fourth-order valence-corrected chi connectivity index (χ4v) is 1.11. The summed E-state index contributed by atoms with van der Waals surface area (Å²) in [7, 11) is 1.84. The number of nitrogens with zero attached hydrogens (tertiary/aromatic N) is 3. The van der Waals surface area contributed by atoms with E-state index in [1.807, 2.05) is 7.85 Å². The Labute approximate surface area is 76.2 Å². The Balaban J connectivity index is 2.46. The molecule has 0 aliphatic carbocycles. The maximum Gasteiger partial charge on any atom is 0.167 e. The molecule has 1 aliphatic rings. The number of ether oxygens (including phenoxy) is 2. The molecule has 2 atom stereocenters. The molecule has 1 heterocycles. The Kier molecular flexibility index (Phi) is 3.63. The first kappa shape index (κ1) is 9.92. The molecule has 1 aliphatic heterocycles. The summed E-state index contributed by atoms with van der Waals surface area (Å²) >= 11 is 0. The van der Waals surface area contributed by atoms with E-state index < -0.39 is 6.10 Å². The van der Waals surface area contributed by atoms with Crippen LogP contribution in [0.4, 0.5) is 0 Å². The number of azide groups is 1. The fourth-order valence-electron chi connectivity index (χ4n) is 1.11. The highest BCUT2D eigenvalue weighted by atomic mass is 16.6. The molecule has 0 unspecified atom stereocenters. The first-order valence-electron chi connectivity index (χ1n) is 3.89. The maximum atomic E-state index is 8.86. The van der Waals surface area contributed by atoms with Gasteiger partial charge in [0.1, 0.15) is 19.7 Å². The van der Waals surface area contributed by atoms with Gasteiger partial charge < -0.3 is 14.6 Å². The minimum absolute atomic E-state index is 0.0711. The van der Waals surface area contributed by atoms with Gasteiger partial charge in [-0.05, 0) is 11.6 Å². The molecule has 1 N–H and O–H groups in total.